The summed E-state index contributed by atoms with van der Waals surface area (Å²) in [7, 11) is 3.40. The minimum Gasteiger partial charge on any atom is -0.497 e. The van der Waals surface area contributed by atoms with Crippen molar-refractivity contribution in [3.8, 4) is 5.75 Å². The lowest BCUT2D eigenvalue weighted by atomic mass is 10.2. The first-order chi connectivity index (χ1) is 13.0. The largest absolute Gasteiger partial charge is 0.497 e. The van der Waals surface area contributed by atoms with Gasteiger partial charge in [-0.3, -0.25) is 9.48 Å². The van der Waals surface area contributed by atoms with Crippen molar-refractivity contribution in [3.05, 3.63) is 77.1 Å². The van der Waals surface area contributed by atoms with Crippen LogP contribution in [0.4, 0.5) is 5.69 Å². The van der Waals surface area contributed by atoms with Gasteiger partial charge in [0.25, 0.3) is 5.91 Å². The van der Waals surface area contributed by atoms with E-state index in [1.165, 1.54) is 0 Å². The highest BCUT2D eigenvalue weighted by Gasteiger charge is 2.12. The highest BCUT2D eigenvalue weighted by Crippen LogP contribution is 2.16. The van der Waals surface area contributed by atoms with E-state index in [4.69, 9.17) is 9.47 Å². The molecule has 6 heteroatoms. The van der Waals surface area contributed by atoms with Gasteiger partial charge in [-0.2, -0.15) is 5.10 Å². The van der Waals surface area contributed by atoms with Crippen LogP contribution in [0.2, 0.25) is 0 Å². The fourth-order valence-corrected chi connectivity index (χ4v) is 2.77. The van der Waals surface area contributed by atoms with Crippen LogP contribution in [0.25, 0.3) is 0 Å². The van der Waals surface area contributed by atoms with E-state index < -0.39 is 0 Å². The van der Waals surface area contributed by atoms with Crippen LogP contribution in [0, 0.1) is 6.92 Å². The molecule has 0 radical (unpaired) electrons. The molecule has 3 rings (SSSR count). The Labute approximate surface area is 158 Å². The molecule has 1 heterocycles. The Morgan fingerprint density at radius 3 is 2.48 bits per heavy atom. The minimum absolute atomic E-state index is 0.186. The average molecular weight is 365 g/mol. The summed E-state index contributed by atoms with van der Waals surface area (Å²) in [6, 6.07) is 17.2. The topological polar surface area (TPSA) is 65.4 Å². The van der Waals surface area contributed by atoms with Crippen LogP contribution in [0.1, 0.15) is 27.3 Å². The molecule has 0 aliphatic rings. The SMILES string of the molecule is COc1ccc(COCc2cccc(NC(=O)c3cc(C)nn3C)c2)cc1. The Morgan fingerprint density at radius 2 is 1.81 bits per heavy atom. The number of amides is 1. The molecular weight excluding hydrogens is 342 g/mol. The second-order valence-corrected chi connectivity index (χ2v) is 6.29. The van der Waals surface area contributed by atoms with Crippen molar-refractivity contribution in [2.45, 2.75) is 20.1 Å². The van der Waals surface area contributed by atoms with Gasteiger partial charge in [0.1, 0.15) is 11.4 Å². The third-order valence-electron chi connectivity index (χ3n) is 4.12. The highest BCUT2D eigenvalue weighted by atomic mass is 16.5. The molecule has 0 bridgehead atoms. The summed E-state index contributed by atoms with van der Waals surface area (Å²) < 4.78 is 12.5. The van der Waals surface area contributed by atoms with Crippen molar-refractivity contribution in [3.63, 3.8) is 0 Å². The summed E-state index contributed by atoms with van der Waals surface area (Å²) >= 11 is 0. The van der Waals surface area contributed by atoms with Crippen molar-refractivity contribution in [1.29, 1.82) is 0 Å². The lowest BCUT2D eigenvalue weighted by Gasteiger charge is -2.09. The van der Waals surface area contributed by atoms with E-state index in [1.54, 1.807) is 24.9 Å². The monoisotopic (exact) mass is 365 g/mol. The number of carbonyl (C=O) groups excluding carboxylic acids is 1. The van der Waals surface area contributed by atoms with Gasteiger partial charge in [-0.25, -0.2) is 0 Å². The van der Waals surface area contributed by atoms with Gasteiger partial charge >= 0.3 is 0 Å². The number of rotatable bonds is 7. The van der Waals surface area contributed by atoms with Gasteiger partial charge in [-0.1, -0.05) is 24.3 Å². The summed E-state index contributed by atoms with van der Waals surface area (Å²) in [5.41, 5.74) is 4.12. The first-order valence-electron chi connectivity index (χ1n) is 8.67. The maximum absolute atomic E-state index is 12.4. The molecular formula is C21H23N3O3. The molecule has 2 aromatic carbocycles. The Morgan fingerprint density at radius 1 is 1.07 bits per heavy atom. The summed E-state index contributed by atoms with van der Waals surface area (Å²) in [4.78, 5) is 12.4. The zero-order chi connectivity index (χ0) is 19.2. The second-order valence-electron chi connectivity index (χ2n) is 6.29. The van der Waals surface area contributed by atoms with Crippen LogP contribution in [0.5, 0.6) is 5.75 Å². The number of aryl methyl sites for hydroxylation is 2. The number of nitrogens with zero attached hydrogens (tertiary/aromatic N) is 2. The number of anilines is 1. The quantitative estimate of drug-likeness (QED) is 0.693. The molecule has 3 aromatic rings. The van der Waals surface area contributed by atoms with E-state index in [0.717, 1.165) is 28.3 Å². The van der Waals surface area contributed by atoms with Gasteiger partial charge in [0.05, 0.1) is 26.0 Å². The van der Waals surface area contributed by atoms with Gasteiger partial charge in [0.15, 0.2) is 0 Å². The van der Waals surface area contributed by atoms with Gasteiger partial charge in [0, 0.05) is 12.7 Å². The van der Waals surface area contributed by atoms with E-state index in [-0.39, 0.29) is 5.91 Å². The number of hydrogen-bond donors (Lipinski definition) is 1. The Kier molecular flexibility index (Phi) is 5.88. The zero-order valence-corrected chi connectivity index (χ0v) is 15.7. The number of benzene rings is 2. The predicted octanol–water partition coefficient (Wildman–Crippen LogP) is 3.71. The van der Waals surface area contributed by atoms with Crippen molar-refractivity contribution >= 4 is 11.6 Å². The Balaban J connectivity index is 1.56. The maximum Gasteiger partial charge on any atom is 0.273 e. The molecule has 1 aromatic heterocycles. The summed E-state index contributed by atoms with van der Waals surface area (Å²) in [6.45, 7) is 2.83. The molecule has 0 spiro atoms. The molecule has 0 aliphatic heterocycles. The standard InChI is InChI=1S/C21H23N3O3/c1-15-11-20(24(2)23-15)21(25)22-18-6-4-5-17(12-18)14-27-13-16-7-9-19(26-3)10-8-16/h4-12H,13-14H2,1-3H3,(H,22,25). The molecule has 0 unspecified atom stereocenters. The van der Waals surface area contributed by atoms with E-state index in [2.05, 4.69) is 10.4 Å². The van der Waals surface area contributed by atoms with Crippen molar-refractivity contribution < 1.29 is 14.3 Å². The fourth-order valence-electron chi connectivity index (χ4n) is 2.77. The smallest absolute Gasteiger partial charge is 0.273 e. The number of hydrogen-bond acceptors (Lipinski definition) is 4. The highest BCUT2D eigenvalue weighted by molar-refractivity contribution is 6.03. The summed E-state index contributed by atoms with van der Waals surface area (Å²) in [5, 5.41) is 7.10. The van der Waals surface area contributed by atoms with Gasteiger partial charge < -0.3 is 14.8 Å². The van der Waals surface area contributed by atoms with Crippen molar-refractivity contribution in [2.24, 2.45) is 7.05 Å². The third kappa shape index (κ3) is 4.95. The molecule has 6 nitrogen and oxygen atoms in total. The maximum atomic E-state index is 12.4. The molecule has 27 heavy (non-hydrogen) atoms. The predicted molar refractivity (Wildman–Crippen MR) is 104 cm³/mol. The van der Waals surface area contributed by atoms with E-state index in [9.17, 15) is 4.79 Å². The van der Waals surface area contributed by atoms with Crippen LogP contribution in [0.3, 0.4) is 0 Å². The van der Waals surface area contributed by atoms with E-state index in [0.29, 0.717) is 18.9 Å². The number of aromatic nitrogens is 2. The minimum atomic E-state index is -0.186. The fraction of sp³-hybridized carbons (Fsp3) is 0.238. The normalized spacial score (nSPS) is 10.6. The zero-order valence-electron chi connectivity index (χ0n) is 15.7. The van der Waals surface area contributed by atoms with Crippen molar-refractivity contribution in [1.82, 2.24) is 9.78 Å². The Bertz CT molecular complexity index is 917. The van der Waals surface area contributed by atoms with Crippen LogP contribution in [-0.2, 0) is 25.0 Å². The third-order valence-corrected chi connectivity index (χ3v) is 4.12. The second kappa shape index (κ2) is 8.51. The molecule has 140 valence electrons. The van der Waals surface area contributed by atoms with E-state index in [1.807, 2.05) is 55.5 Å². The number of nitrogens with one attached hydrogen (secondary N) is 1. The lowest BCUT2D eigenvalue weighted by molar-refractivity contribution is 0.101. The molecule has 1 amide bonds. The summed E-state index contributed by atoms with van der Waals surface area (Å²) in [6.07, 6.45) is 0. The van der Waals surface area contributed by atoms with Crippen LogP contribution in [-0.4, -0.2) is 22.8 Å². The first kappa shape index (κ1) is 18.7. The molecule has 0 fully saturated rings. The van der Waals surface area contributed by atoms with E-state index >= 15 is 0 Å². The number of methoxy groups -OCH3 is 1. The lowest BCUT2D eigenvalue weighted by Crippen LogP contribution is -2.16. The average Bonchev–Trinajstić information content (AvgIpc) is 3.01. The van der Waals surface area contributed by atoms with Crippen LogP contribution < -0.4 is 10.1 Å². The molecule has 1 N–H and O–H groups in total. The molecule has 0 saturated heterocycles. The van der Waals surface area contributed by atoms with Crippen LogP contribution in [0.15, 0.2) is 54.6 Å². The Hall–Kier alpha value is -3.12. The van der Waals surface area contributed by atoms with Gasteiger partial charge in [-0.05, 0) is 48.4 Å². The molecule has 0 aliphatic carbocycles. The number of ether oxygens (including phenoxy) is 2. The van der Waals surface area contributed by atoms with Gasteiger partial charge in [0.2, 0.25) is 0 Å². The number of carbonyl (C=O) groups is 1. The first-order valence-corrected chi connectivity index (χ1v) is 8.67. The van der Waals surface area contributed by atoms with Crippen molar-refractivity contribution in [2.75, 3.05) is 12.4 Å². The summed E-state index contributed by atoms with van der Waals surface area (Å²) in [5.74, 6) is 0.639. The van der Waals surface area contributed by atoms with Crippen LogP contribution >= 0.6 is 0 Å². The molecule has 0 atom stereocenters. The van der Waals surface area contributed by atoms with Gasteiger partial charge in [-0.15, -0.1) is 0 Å². The molecule has 0 saturated carbocycles.